The standard InChI is InChI=1S/C8H17NO2/c1-6-8(10-3)4-7(11-6)5-9-2/h6-9H,4-5H2,1-3H3/t6-,7-,8?/m1/s1. The number of likely N-dealkylation sites (N-methyl/N-ethyl adjacent to an activating group) is 1. The zero-order valence-corrected chi connectivity index (χ0v) is 7.46. The molecule has 0 bridgehead atoms. The van der Waals surface area contributed by atoms with E-state index in [-0.39, 0.29) is 12.2 Å². The van der Waals surface area contributed by atoms with Gasteiger partial charge in [0.1, 0.15) is 0 Å². The van der Waals surface area contributed by atoms with Gasteiger partial charge in [-0.05, 0) is 14.0 Å². The van der Waals surface area contributed by atoms with Gasteiger partial charge in [0.15, 0.2) is 0 Å². The summed E-state index contributed by atoms with van der Waals surface area (Å²) in [6.07, 6.45) is 1.88. The van der Waals surface area contributed by atoms with Gasteiger partial charge in [-0.25, -0.2) is 0 Å². The number of ether oxygens (including phenoxy) is 2. The van der Waals surface area contributed by atoms with Crippen molar-refractivity contribution < 1.29 is 9.47 Å². The summed E-state index contributed by atoms with van der Waals surface area (Å²) in [5.74, 6) is 0. The van der Waals surface area contributed by atoms with Crippen molar-refractivity contribution in [2.24, 2.45) is 0 Å². The lowest BCUT2D eigenvalue weighted by Gasteiger charge is -2.10. The predicted octanol–water partition coefficient (Wildman–Crippen LogP) is 0.398. The van der Waals surface area contributed by atoms with E-state index in [1.807, 2.05) is 7.05 Å². The molecule has 0 aromatic carbocycles. The number of rotatable bonds is 3. The quantitative estimate of drug-likeness (QED) is 0.646. The SMILES string of the molecule is CNC[C@H]1CC(OC)[C@@H](C)O1. The van der Waals surface area contributed by atoms with Gasteiger partial charge in [-0.1, -0.05) is 0 Å². The van der Waals surface area contributed by atoms with Crippen molar-refractivity contribution in [1.29, 1.82) is 0 Å². The first-order valence-corrected chi connectivity index (χ1v) is 4.10. The predicted molar refractivity (Wildman–Crippen MR) is 43.7 cm³/mol. The highest BCUT2D eigenvalue weighted by atomic mass is 16.6. The van der Waals surface area contributed by atoms with Crippen molar-refractivity contribution >= 4 is 0 Å². The van der Waals surface area contributed by atoms with Crippen molar-refractivity contribution in [3.8, 4) is 0 Å². The molecule has 0 radical (unpaired) electrons. The molecule has 0 aromatic rings. The van der Waals surface area contributed by atoms with Crippen LogP contribution in [0.4, 0.5) is 0 Å². The molecular formula is C8H17NO2. The summed E-state index contributed by atoms with van der Waals surface area (Å²) < 4.78 is 10.9. The Bertz CT molecular complexity index is 119. The molecule has 3 heteroatoms. The maximum absolute atomic E-state index is 5.62. The average Bonchev–Trinajstić information content (AvgIpc) is 2.32. The van der Waals surface area contributed by atoms with Crippen LogP contribution >= 0.6 is 0 Å². The Balaban J connectivity index is 2.30. The van der Waals surface area contributed by atoms with E-state index in [0.717, 1.165) is 13.0 Å². The van der Waals surface area contributed by atoms with Crippen molar-refractivity contribution in [3.05, 3.63) is 0 Å². The Morgan fingerprint density at radius 1 is 1.64 bits per heavy atom. The summed E-state index contributed by atoms with van der Waals surface area (Å²) in [5.41, 5.74) is 0. The maximum Gasteiger partial charge on any atom is 0.0855 e. The van der Waals surface area contributed by atoms with E-state index < -0.39 is 0 Å². The number of hydrogen-bond acceptors (Lipinski definition) is 3. The van der Waals surface area contributed by atoms with Gasteiger partial charge < -0.3 is 14.8 Å². The largest absolute Gasteiger partial charge is 0.379 e. The molecule has 1 saturated heterocycles. The Labute approximate surface area is 68.1 Å². The van der Waals surface area contributed by atoms with Crippen molar-refractivity contribution in [2.75, 3.05) is 20.7 Å². The van der Waals surface area contributed by atoms with Crippen LogP contribution in [0.25, 0.3) is 0 Å². The van der Waals surface area contributed by atoms with Crippen LogP contribution in [-0.4, -0.2) is 39.0 Å². The monoisotopic (exact) mass is 159 g/mol. The molecule has 1 aliphatic heterocycles. The first-order chi connectivity index (χ1) is 5.27. The molecular weight excluding hydrogens is 142 g/mol. The van der Waals surface area contributed by atoms with Crippen LogP contribution in [0.1, 0.15) is 13.3 Å². The van der Waals surface area contributed by atoms with Crippen LogP contribution in [-0.2, 0) is 9.47 Å². The van der Waals surface area contributed by atoms with Crippen molar-refractivity contribution in [2.45, 2.75) is 31.7 Å². The summed E-state index contributed by atoms with van der Waals surface area (Å²) in [7, 11) is 3.68. The summed E-state index contributed by atoms with van der Waals surface area (Å²) in [5, 5.41) is 3.09. The molecule has 1 unspecified atom stereocenters. The minimum Gasteiger partial charge on any atom is -0.379 e. The minimum atomic E-state index is 0.248. The molecule has 0 aliphatic carbocycles. The molecule has 1 aliphatic rings. The van der Waals surface area contributed by atoms with E-state index in [9.17, 15) is 0 Å². The van der Waals surface area contributed by atoms with Crippen molar-refractivity contribution in [1.82, 2.24) is 5.32 Å². The Morgan fingerprint density at radius 3 is 2.82 bits per heavy atom. The Kier molecular flexibility index (Phi) is 3.30. The third kappa shape index (κ3) is 2.15. The highest BCUT2D eigenvalue weighted by molar-refractivity contribution is 4.80. The number of hydrogen-bond donors (Lipinski definition) is 1. The molecule has 66 valence electrons. The van der Waals surface area contributed by atoms with Crippen LogP contribution in [0.15, 0.2) is 0 Å². The lowest BCUT2D eigenvalue weighted by Crippen LogP contribution is -2.23. The van der Waals surface area contributed by atoms with Gasteiger partial charge in [0, 0.05) is 20.1 Å². The smallest absolute Gasteiger partial charge is 0.0855 e. The van der Waals surface area contributed by atoms with Crippen molar-refractivity contribution in [3.63, 3.8) is 0 Å². The first-order valence-electron chi connectivity index (χ1n) is 4.10. The fourth-order valence-corrected chi connectivity index (χ4v) is 1.54. The second-order valence-electron chi connectivity index (χ2n) is 3.03. The highest BCUT2D eigenvalue weighted by Gasteiger charge is 2.31. The maximum atomic E-state index is 5.62. The van der Waals surface area contributed by atoms with E-state index in [0.29, 0.717) is 6.10 Å². The summed E-state index contributed by atoms with van der Waals surface area (Å²) in [4.78, 5) is 0. The van der Waals surface area contributed by atoms with Gasteiger partial charge >= 0.3 is 0 Å². The van der Waals surface area contributed by atoms with Crippen LogP contribution in [0.2, 0.25) is 0 Å². The van der Waals surface area contributed by atoms with Gasteiger partial charge in [-0.3, -0.25) is 0 Å². The first kappa shape index (κ1) is 8.97. The van der Waals surface area contributed by atoms with E-state index in [2.05, 4.69) is 12.2 Å². The van der Waals surface area contributed by atoms with E-state index in [1.165, 1.54) is 0 Å². The molecule has 1 heterocycles. The minimum absolute atomic E-state index is 0.248. The number of nitrogens with one attached hydrogen (secondary N) is 1. The van der Waals surface area contributed by atoms with Gasteiger partial charge in [-0.2, -0.15) is 0 Å². The lowest BCUT2D eigenvalue weighted by atomic mass is 10.1. The molecule has 1 N–H and O–H groups in total. The van der Waals surface area contributed by atoms with Crippen LogP contribution in [0.5, 0.6) is 0 Å². The lowest BCUT2D eigenvalue weighted by molar-refractivity contribution is 0.00675. The average molecular weight is 159 g/mol. The topological polar surface area (TPSA) is 30.5 Å². The highest BCUT2D eigenvalue weighted by Crippen LogP contribution is 2.21. The van der Waals surface area contributed by atoms with Crippen LogP contribution < -0.4 is 5.32 Å². The zero-order valence-electron chi connectivity index (χ0n) is 7.46. The molecule has 1 rings (SSSR count). The fraction of sp³-hybridized carbons (Fsp3) is 1.00. The molecule has 3 nitrogen and oxygen atoms in total. The normalized spacial score (nSPS) is 37.9. The van der Waals surface area contributed by atoms with Gasteiger partial charge in [0.2, 0.25) is 0 Å². The third-order valence-electron chi connectivity index (χ3n) is 2.16. The van der Waals surface area contributed by atoms with Gasteiger partial charge in [0.25, 0.3) is 0 Å². The van der Waals surface area contributed by atoms with E-state index in [1.54, 1.807) is 7.11 Å². The summed E-state index contributed by atoms with van der Waals surface area (Å²) in [6, 6.07) is 0. The van der Waals surface area contributed by atoms with Gasteiger partial charge in [-0.15, -0.1) is 0 Å². The molecule has 11 heavy (non-hydrogen) atoms. The Morgan fingerprint density at radius 2 is 2.36 bits per heavy atom. The number of methoxy groups -OCH3 is 1. The fourth-order valence-electron chi connectivity index (χ4n) is 1.54. The third-order valence-corrected chi connectivity index (χ3v) is 2.16. The zero-order chi connectivity index (χ0) is 8.27. The van der Waals surface area contributed by atoms with Gasteiger partial charge in [0.05, 0.1) is 18.3 Å². The molecule has 1 fully saturated rings. The summed E-state index contributed by atoms with van der Waals surface area (Å²) >= 11 is 0. The molecule has 0 amide bonds. The molecule has 0 spiro atoms. The second-order valence-corrected chi connectivity index (χ2v) is 3.03. The van der Waals surface area contributed by atoms with E-state index >= 15 is 0 Å². The van der Waals surface area contributed by atoms with Crippen LogP contribution in [0.3, 0.4) is 0 Å². The molecule has 3 atom stereocenters. The molecule has 0 saturated carbocycles. The second kappa shape index (κ2) is 4.04. The van der Waals surface area contributed by atoms with E-state index in [4.69, 9.17) is 9.47 Å². The van der Waals surface area contributed by atoms with Crippen LogP contribution in [0, 0.1) is 0 Å². The Hall–Kier alpha value is -0.120. The molecule has 0 aromatic heterocycles. The summed E-state index contributed by atoms with van der Waals surface area (Å²) in [6.45, 7) is 2.98.